The number of rotatable bonds is 3. The number of fused-ring (bicyclic) bond motifs is 3. The zero-order chi connectivity index (χ0) is 17.0. The molecule has 0 N–H and O–H groups in total. The highest BCUT2D eigenvalue weighted by atomic mass is 16.1. The molecule has 0 aliphatic heterocycles. The standard InChI is InChI=1S/C24H18O/c1-2-8-19-22-17-13-6-11-15-12-7-14-18(20(15)17)23(22)21(24(19)25)16-9-4-3-5-10-16/h3-7,9-14H,2,8H2,1H3. The molecule has 2 aliphatic carbocycles. The van der Waals surface area contributed by atoms with Crippen molar-refractivity contribution in [2.45, 2.75) is 19.8 Å². The zero-order valence-electron chi connectivity index (χ0n) is 14.2. The molecule has 0 fully saturated rings. The second-order valence-corrected chi connectivity index (χ2v) is 6.76. The van der Waals surface area contributed by atoms with Crippen LogP contribution in [0.15, 0.2) is 72.3 Å². The van der Waals surface area contributed by atoms with E-state index in [1.54, 1.807) is 0 Å². The number of hydrogen-bond donors (Lipinski definition) is 0. The maximum Gasteiger partial charge on any atom is 0.190 e. The van der Waals surface area contributed by atoms with Crippen molar-refractivity contribution in [1.29, 1.82) is 0 Å². The van der Waals surface area contributed by atoms with Gasteiger partial charge in [-0.3, -0.25) is 4.79 Å². The molecule has 120 valence electrons. The molecule has 0 aromatic heterocycles. The molecule has 0 saturated carbocycles. The highest BCUT2D eigenvalue weighted by molar-refractivity contribution is 6.50. The first-order chi connectivity index (χ1) is 12.3. The molecule has 3 aromatic carbocycles. The number of carbonyl (C=O) groups is 1. The lowest BCUT2D eigenvalue weighted by Crippen LogP contribution is -2.03. The first-order valence-corrected chi connectivity index (χ1v) is 8.91. The van der Waals surface area contributed by atoms with Crippen molar-refractivity contribution in [2.24, 2.45) is 0 Å². The van der Waals surface area contributed by atoms with E-state index >= 15 is 0 Å². The summed E-state index contributed by atoms with van der Waals surface area (Å²) in [6, 6.07) is 23.0. The van der Waals surface area contributed by atoms with Crippen molar-refractivity contribution in [2.75, 3.05) is 0 Å². The van der Waals surface area contributed by atoms with Gasteiger partial charge in [-0.15, -0.1) is 0 Å². The minimum Gasteiger partial charge on any atom is -0.289 e. The Bertz CT molecular complexity index is 1090. The molecule has 0 atom stereocenters. The molecule has 1 heteroatoms. The van der Waals surface area contributed by atoms with Crippen molar-refractivity contribution < 1.29 is 4.79 Å². The minimum atomic E-state index is 0.213. The van der Waals surface area contributed by atoms with Gasteiger partial charge in [0.1, 0.15) is 0 Å². The molecular formula is C24H18O. The lowest BCUT2D eigenvalue weighted by molar-refractivity contribution is -0.110. The van der Waals surface area contributed by atoms with E-state index in [2.05, 4.69) is 55.5 Å². The fraction of sp³-hybridized carbons (Fsp3) is 0.125. The van der Waals surface area contributed by atoms with E-state index in [4.69, 9.17) is 0 Å². The predicted molar refractivity (Wildman–Crippen MR) is 104 cm³/mol. The van der Waals surface area contributed by atoms with Crippen LogP contribution in [0, 0.1) is 0 Å². The monoisotopic (exact) mass is 322 g/mol. The summed E-state index contributed by atoms with van der Waals surface area (Å²) in [5, 5.41) is 2.55. The van der Waals surface area contributed by atoms with Gasteiger partial charge in [-0.25, -0.2) is 0 Å². The van der Waals surface area contributed by atoms with Crippen molar-refractivity contribution in [3.8, 4) is 0 Å². The van der Waals surface area contributed by atoms with Crippen LogP contribution in [0.3, 0.4) is 0 Å². The smallest absolute Gasteiger partial charge is 0.190 e. The van der Waals surface area contributed by atoms with Gasteiger partial charge in [0.25, 0.3) is 0 Å². The van der Waals surface area contributed by atoms with Gasteiger partial charge in [0.15, 0.2) is 5.78 Å². The number of carbonyl (C=O) groups excluding carboxylic acids is 1. The van der Waals surface area contributed by atoms with Gasteiger partial charge >= 0.3 is 0 Å². The molecule has 25 heavy (non-hydrogen) atoms. The molecule has 3 aromatic rings. The largest absolute Gasteiger partial charge is 0.289 e. The van der Waals surface area contributed by atoms with Gasteiger partial charge in [0.2, 0.25) is 0 Å². The maximum atomic E-state index is 13.3. The second kappa shape index (κ2) is 5.29. The third kappa shape index (κ3) is 1.87. The Labute approximate surface area is 147 Å². The van der Waals surface area contributed by atoms with Crippen molar-refractivity contribution in [1.82, 2.24) is 0 Å². The fourth-order valence-electron chi connectivity index (χ4n) is 4.35. The number of hydrogen-bond acceptors (Lipinski definition) is 1. The number of Topliss-reactive ketones (excluding diaryl/α,β-unsaturated/α-hetero) is 1. The molecule has 0 bridgehead atoms. The van der Waals surface area contributed by atoms with Gasteiger partial charge in [-0.05, 0) is 39.5 Å². The lowest BCUT2D eigenvalue weighted by atomic mass is 9.94. The normalized spacial score (nSPS) is 15.5. The molecule has 0 saturated heterocycles. The average Bonchev–Trinajstić information content (AvgIpc) is 3.12. The molecule has 1 nitrogen and oxygen atoms in total. The highest BCUT2D eigenvalue weighted by Crippen LogP contribution is 2.55. The fourth-order valence-corrected chi connectivity index (χ4v) is 4.35. The quantitative estimate of drug-likeness (QED) is 0.586. The lowest BCUT2D eigenvalue weighted by Gasteiger charge is -2.08. The van der Waals surface area contributed by atoms with Crippen LogP contribution in [0.25, 0.3) is 27.5 Å². The highest BCUT2D eigenvalue weighted by Gasteiger charge is 2.38. The third-order valence-corrected chi connectivity index (χ3v) is 5.31. The molecule has 5 rings (SSSR count). The van der Waals surface area contributed by atoms with E-state index in [0.29, 0.717) is 0 Å². The van der Waals surface area contributed by atoms with E-state index in [-0.39, 0.29) is 5.78 Å². The van der Waals surface area contributed by atoms with E-state index < -0.39 is 0 Å². The van der Waals surface area contributed by atoms with Crippen LogP contribution in [0.2, 0.25) is 0 Å². The Morgan fingerprint density at radius 1 is 0.720 bits per heavy atom. The maximum absolute atomic E-state index is 13.3. The van der Waals surface area contributed by atoms with E-state index in [1.807, 2.05) is 18.2 Å². The average molecular weight is 322 g/mol. The van der Waals surface area contributed by atoms with Crippen LogP contribution < -0.4 is 0 Å². The van der Waals surface area contributed by atoms with E-state index in [0.717, 1.165) is 35.1 Å². The molecule has 2 aliphatic rings. The van der Waals surface area contributed by atoms with E-state index in [9.17, 15) is 4.79 Å². The van der Waals surface area contributed by atoms with Crippen LogP contribution in [-0.4, -0.2) is 5.78 Å². The van der Waals surface area contributed by atoms with Gasteiger partial charge in [0, 0.05) is 16.7 Å². The van der Waals surface area contributed by atoms with Crippen LogP contribution in [-0.2, 0) is 4.79 Å². The van der Waals surface area contributed by atoms with Crippen LogP contribution in [0.4, 0.5) is 0 Å². The second-order valence-electron chi connectivity index (χ2n) is 6.76. The molecule has 0 amide bonds. The molecule has 0 unspecified atom stereocenters. The Morgan fingerprint density at radius 3 is 2.08 bits per heavy atom. The molecular weight excluding hydrogens is 304 g/mol. The number of benzene rings is 3. The molecule has 0 spiro atoms. The summed E-state index contributed by atoms with van der Waals surface area (Å²) in [7, 11) is 0. The summed E-state index contributed by atoms with van der Waals surface area (Å²) in [4.78, 5) is 13.3. The Kier molecular flexibility index (Phi) is 3.05. The number of allylic oxidation sites excluding steroid dienone is 4. The summed E-state index contributed by atoms with van der Waals surface area (Å²) >= 11 is 0. The Balaban J connectivity index is 1.91. The summed E-state index contributed by atoms with van der Waals surface area (Å²) in [5.74, 6) is 0.213. The third-order valence-electron chi connectivity index (χ3n) is 5.31. The van der Waals surface area contributed by atoms with Crippen molar-refractivity contribution >= 4 is 33.3 Å². The van der Waals surface area contributed by atoms with E-state index in [1.165, 1.54) is 27.5 Å². The SMILES string of the molecule is CCCC1=C2C(=C(c3ccccc3)C1=O)c1cccc3cccc2c13. The molecule has 0 radical (unpaired) electrons. The summed E-state index contributed by atoms with van der Waals surface area (Å²) in [6.45, 7) is 2.14. The Morgan fingerprint density at radius 2 is 1.40 bits per heavy atom. The van der Waals surface area contributed by atoms with Gasteiger partial charge in [-0.1, -0.05) is 80.1 Å². The minimum absolute atomic E-state index is 0.213. The van der Waals surface area contributed by atoms with Crippen LogP contribution in [0.1, 0.15) is 36.5 Å². The van der Waals surface area contributed by atoms with Gasteiger partial charge in [0.05, 0.1) is 0 Å². The number of ketones is 1. The van der Waals surface area contributed by atoms with Crippen molar-refractivity contribution in [3.05, 3.63) is 89.0 Å². The molecule has 0 heterocycles. The van der Waals surface area contributed by atoms with Gasteiger partial charge < -0.3 is 0 Å². The topological polar surface area (TPSA) is 17.1 Å². The summed E-state index contributed by atoms with van der Waals surface area (Å²) in [5.41, 5.74) is 7.65. The Hall–Kier alpha value is -2.93. The van der Waals surface area contributed by atoms with Crippen LogP contribution in [0.5, 0.6) is 0 Å². The van der Waals surface area contributed by atoms with Crippen LogP contribution >= 0.6 is 0 Å². The van der Waals surface area contributed by atoms with Gasteiger partial charge in [-0.2, -0.15) is 0 Å². The predicted octanol–water partition coefficient (Wildman–Crippen LogP) is 5.90. The zero-order valence-corrected chi connectivity index (χ0v) is 14.2. The summed E-state index contributed by atoms with van der Waals surface area (Å²) < 4.78 is 0. The first-order valence-electron chi connectivity index (χ1n) is 8.91. The van der Waals surface area contributed by atoms with Crippen molar-refractivity contribution in [3.63, 3.8) is 0 Å². The first kappa shape index (κ1) is 14.4. The summed E-state index contributed by atoms with van der Waals surface area (Å²) in [6.07, 6.45) is 1.81.